The summed E-state index contributed by atoms with van der Waals surface area (Å²) in [5.74, 6) is 2.33. The van der Waals surface area contributed by atoms with E-state index in [1.54, 1.807) is 0 Å². The topological polar surface area (TPSA) is 67.6 Å². The van der Waals surface area contributed by atoms with Crippen molar-refractivity contribution in [1.82, 2.24) is 15.2 Å². The molecule has 0 unspecified atom stereocenters. The van der Waals surface area contributed by atoms with Gasteiger partial charge >= 0.3 is 0 Å². The highest BCUT2D eigenvalue weighted by Crippen LogP contribution is 2.30. The highest BCUT2D eigenvalue weighted by Gasteiger charge is 2.20. The van der Waals surface area contributed by atoms with Crippen LogP contribution in [0.2, 0.25) is 0 Å². The molecule has 0 saturated heterocycles. The van der Waals surface area contributed by atoms with E-state index in [1.807, 2.05) is 18.2 Å². The average Bonchev–Trinajstić information content (AvgIpc) is 2.99. The minimum Gasteiger partial charge on any atom is -0.321 e. The first-order valence-corrected chi connectivity index (χ1v) is 7.54. The van der Waals surface area contributed by atoms with Gasteiger partial charge in [-0.2, -0.15) is 5.10 Å². The molecule has 3 rings (SSSR count). The first kappa shape index (κ1) is 13.3. The Kier molecular flexibility index (Phi) is 4.11. The number of aromatic amines is 1. The van der Waals surface area contributed by atoms with Gasteiger partial charge in [-0.1, -0.05) is 49.6 Å². The maximum absolute atomic E-state index is 6.22. The predicted molar refractivity (Wildman–Crippen MR) is 79.3 cm³/mol. The van der Waals surface area contributed by atoms with Crippen molar-refractivity contribution in [1.29, 1.82) is 0 Å². The Hall–Kier alpha value is -1.68. The molecule has 1 aromatic heterocycles. The third-order valence-corrected chi connectivity index (χ3v) is 4.14. The second-order valence-corrected chi connectivity index (χ2v) is 5.71. The van der Waals surface area contributed by atoms with Crippen molar-refractivity contribution in [2.45, 2.75) is 50.5 Å². The van der Waals surface area contributed by atoms with Crippen molar-refractivity contribution in [2.24, 2.45) is 5.73 Å². The zero-order chi connectivity index (χ0) is 13.8. The normalized spacial score (nSPS) is 18.1. The van der Waals surface area contributed by atoms with Gasteiger partial charge in [0.05, 0.1) is 6.04 Å². The molecule has 4 nitrogen and oxygen atoms in total. The molecule has 1 aromatic carbocycles. The van der Waals surface area contributed by atoms with Gasteiger partial charge < -0.3 is 5.73 Å². The summed E-state index contributed by atoms with van der Waals surface area (Å²) in [6.45, 7) is 0. The van der Waals surface area contributed by atoms with Crippen molar-refractivity contribution >= 4 is 0 Å². The van der Waals surface area contributed by atoms with Crippen LogP contribution < -0.4 is 5.73 Å². The first-order valence-electron chi connectivity index (χ1n) is 7.54. The molecule has 106 valence electrons. The number of aromatic nitrogens is 3. The number of hydrogen-bond donors (Lipinski definition) is 2. The van der Waals surface area contributed by atoms with Gasteiger partial charge in [0.2, 0.25) is 0 Å². The van der Waals surface area contributed by atoms with Crippen molar-refractivity contribution in [3.8, 4) is 0 Å². The lowest BCUT2D eigenvalue weighted by Gasteiger charge is -2.18. The summed E-state index contributed by atoms with van der Waals surface area (Å²) in [7, 11) is 0. The van der Waals surface area contributed by atoms with Gasteiger partial charge in [0.25, 0.3) is 0 Å². The van der Waals surface area contributed by atoms with Gasteiger partial charge in [-0.05, 0) is 24.8 Å². The highest BCUT2D eigenvalue weighted by molar-refractivity contribution is 5.17. The third-order valence-electron chi connectivity index (χ3n) is 4.14. The Morgan fingerprint density at radius 3 is 2.65 bits per heavy atom. The fraction of sp³-hybridized carbons (Fsp3) is 0.500. The molecule has 1 aliphatic carbocycles. The fourth-order valence-electron chi connectivity index (χ4n) is 2.97. The van der Waals surface area contributed by atoms with Crippen LogP contribution in [0.15, 0.2) is 30.3 Å². The lowest BCUT2D eigenvalue weighted by molar-refractivity contribution is 0.429. The summed E-state index contributed by atoms with van der Waals surface area (Å²) in [6, 6.07) is 10.1. The summed E-state index contributed by atoms with van der Waals surface area (Å²) in [5.41, 5.74) is 7.45. The van der Waals surface area contributed by atoms with Crippen LogP contribution in [0.5, 0.6) is 0 Å². The van der Waals surface area contributed by atoms with Crippen LogP contribution >= 0.6 is 0 Å². The van der Waals surface area contributed by atoms with Crippen LogP contribution in [0.4, 0.5) is 0 Å². The third kappa shape index (κ3) is 3.07. The molecule has 0 radical (unpaired) electrons. The maximum Gasteiger partial charge on any atom is 0.167 e. The van der Waals surface area contributed by atoms with Gasteiger partial charge in [-0.25, -0.2) is 4.98 Å². The Balaban J connectivity index is 1.66. The van der Waals surface area contributed by atoms with E-state index in [1.165, 1.54) is 37.7 Å². The summed E-state index contributed by atoms with van der Waals surface area (Å²) in [5, 5.41) is 7.43. The van der Waals surface area contributed by atoms with Crippen molar-refractivity contribution in [2.75, 3.05) is 0 Å². The number of benzene rings is 1. The van der Waals surface area contributed by atoms with Gasteiger partial charge in [0, 0.05) is 5.92 Å². The van der Waals surface area contributed by atoms with Crippen molar-refractivity contribution in [3.05, 3.63) is 47.5 Å². The van der Waals surface area contributed by atoms with Crippen LogP contribution in [-0.4, -0.2) is 15.2 Å². The van der Waals surface area contributed by atoms with E-state index in [2.05, 4.69) is 27.3 Å². The molecule has 0 bridgehead atoms. The summed E-state index contributed by atoms with van der Waals surface area (Å²) >= 11 is 0. The highest BCUT2D eigenvalue weighted by atomic mass is 15.2. The smallest absolute Gasteiger partial charge is 0.167 e. The monoisotopic (exact) mass is 270 g/mol. The molecule has 3 N–H and O–H groups in total. The van der Waals surface area contributed by atoms with E-state index in [-0.39, 0.29) is 6.04 Å². The predicted octanol–water partition coefficient (Wildman–Crippen LogP) is 3.09. The minimum absolute atomic E-state index is 0.133. The zero-order valence-corrected chi connectivity index (χ0v) is 11.8. The number of nitrogens with two attached hydrogens (primary N) is 1. The number of nitrogens with one attached hydrogen (secondary N) is 1. The van der Waals surface area contributed by atoms with Crippen LogP contribution in [-0.2, 0) is 6.42 Å². The molecule has 1 fully saturated rings. The maximum atomic E-state index is 6.22. The van der Waals surface area contributed by atoms with E-state index in [0.29, 0.717) is 5.92 Å². The van der Waals surface area contributed by atoms with Gasteiger partial charge in [-0.15, -0.1) is 0 Å². The van der Waals surface area contributed by atoms with Gasteiger partial charge in [-0.3, -0.25) is 5.10 Å². The molecule has 1 saturated carbocycles. The SMILES string of the molecule is N[C@H](Cc1ccccc1)c1n[nH]c(C2CCCCC2)n1. The summed E-state index contributed by atoms with van der Waals surface area (Å²) < 4.78 is 0. The lowest BCUT2D eigenvalue weighted by Crippen LogP contribution is -2.15. The molecular weight excluding hydrogens is 248 g/mol. The number of hydrogen-bond acceptors (Lipinski definition) is 3. The van der Waals surface area contributed by atoms with Crippen LogP contribution in [0.3, 0.4) is 0 Å². The number of H-pyrrole nitrogens is 1. The number of rotatable bonds is 4. The van der Waals surface area contributed by atoms with E-state index in [0.717, 1.165) is 18.1 Å². The fourth-order valence-corrected chi connectivity index (χ4v) is 2.97. The standard InChI is InChI=1S/C16H22N4/c17-14(11-12-7-3-1-4-8-12)16-18-15(19-20-16)13-9-5-2-6-10-13/h1,3-4,7-8,13-14H,2,5-6,9-11,17H2,(H,18,19,20)/t14-/m1/s1. The Morgan fingerprint density at radius 1 is 1.15 bits per heavy atom. The van der Waals surface area contributed by atoms with Crippen molar-refractivity contribution in [3.63, 3.8) is 0 Å². The van der Waals surface area contributed by atoms with E-state index in [4.69, 9.17) is 5.73 Å². The Bertz CT molecular complexity index is 528. The van der Waals surface area contributed by atoms with E-state index < -0.39 is 0 Å². The average molecular weight is 270 g/mol. The second kappa shape index (κ2) is 6.18. The largest absolute Gasteiger partial charge is 0.321 e. The lowest BCUT2D eigenvalue weighted by atomic mass is 9.89. The van der Waals surface area contributed by atoms with Crippen molar-refractivity contribution < 1.29 is 0 Å². The van der Waals surface area contributed by atoms with Gasteiger partial charge in [0.1, 0.15) is 5.82 Å². The van der Waals surface area contributed by atoms with E-state index in [9.17, 15) is 0 Å². The zero-order valence-electron chi connectivity index (χ0n) is 11.8. The summed E-state index contributed by atoms with van der Waals surface area (Å²) in [6.07, 6.45) is 7.19. The van der Waals surface area contributed by atoms with Crippen LogP contribution in [0.25, 0.3) is 0 Å². The molecule has 1 aliphatic rings. The molecule has 0 spiro atoms. The molecule has 1 heterocycles. The van der Waals surface area contributed by atoms with Crippen LogP contribution in [0, 0.1) is 0 Å². The molecule has 4 heteroatoms. The number of nitrogens with zero attached hydrogens (tertiary/aromatic N) is 2. The summed E-state index contributed by atoms with van der Waals surface area (Å²) in [4.78, 5) is 4.64. The molecule has 0 aliphatic heterocycles. The molecular formula is C16H22N4. The van der Waals surface area contributed by atoms with E-state index >= 15 is 0 Å². The molecule has 20 heavy (non-hydrogen) atoms. The van der Waals surface area contributed by atoms with Crippen LogP contribution in [0.1, 0.15) is 61.3 Å². The second-order valence-electron chi connectivity index (χ2n) is 5.71. The Morgan fingerprint density at radius 2 is 1.90 bits per heavy atom. The molecule has 2 aromatic rings. The molecule has 1 atom stereocenters. The first-order chi connectivity index (χ1) is 9.83. The quantitative estimate of drug-likeness (QED) is 0.897. The Labute approximate surface area is 119 Å². The minimum atomic E-state index is -0.133. The molecule has 0 amide bonds. The van der Waals surface area contributed by atoms with Gasteiger partial charge in [0.15, 0.2) is 5.82 Å².